The minimum absolute atomic E-state index is 0.0146. The molecule has 0 radical (unpaired) electrons. The third kappa shape index (κ3) is 5.40. The molecular formula is C22H27ClN2O3. The van der Waals surface area contributed by atoms with Crippen molar-refractivity contribution in [2.24, 2.45) is 0 Å². The molecule has 1 aliphatic carbocycles. The van der Waals surface area contributed by atoms with Crippen LogP contribution in [0.1, 0.15) is 31.2 Å². The second-order valence-corrected chi connectivity index (χ2v) is 7.48. The highest BCUT2D eigenvalue weighted by Crippen LogP contribution is 2.28. The molecule has 5 nitrogen and oxygen atoms in total. The van der Waals surface area contributed by atoms with Gasteiger partial charge in [0.15, 0.2) is 0 Å². The third-order valence-corrected chi connectivity index (χ3v) is 5.44. The number of alkyl carbamates (subject to hydrolysis) is 1. The Kier molecular flexibility index (Phi) is 7.18. The molecule has 2 N–H and O–H groups in total. The molecule has 0 bridgehead atoms. The van der Waals surface area contributed by atoms with Gasteiger partial charge in [-0.3, -0.25) is 0 Å². The summed E-state index contributed by atoms with van der Waals surface area (Å²) in [6.45, 7) is 0.732. The van der Waals surface area contributed by atoms with Crippen LogP contribution in [0.5, 0.6) is 5.75 Å². The Balaban J connectivity index is 1.60. The Morgan fingerprint density at radius 2 is 1.75 bits per heavy atom. The molecule has 3 rings (SSSR count). The van der Waals surface area contributed by atoms with Crippen LogP contribution in [0.15, 0.2) is 42.5 Å². The number of rotatable bonds is 6. The normalized spacial score (nSPS) is 19.1. The lowest BCUT2D eigenvalue weighted by molar-refractivity contribution is 0.0701. The highest BCUT2D eigenvalue weighted by Gasteiger charge is 2.23. The fourth-order valence-electron chi connectivity index (χ4n) is 3.59. The number of halogens is 1. The number of ether oxygens (including phenoxy) is 2. The fraction of sp³-hybridized carbons (Fsp3) is 0.409. The van der Waals surface area contributed by atoms with Crippen molar-refractivity contribution in [2.45, 2.75) is 44.4 Å². The van der Waals surface area contributed by atoms with Crippen molar-refractivity contribution in [2.75, 3.05) is 14.2 Å². The van der Waals surface area contributed by atoms with Crippen LogP contribution in [0.2, 0.25) is 5.02 Å². The van der Waals surface area contributed by atoms with E-state index in [1.165, 1.54) is 0 Å². The van der Waals surface area contributed by atoms with Crippen LogP contribution in [0.4, 0.5) is 4.79 Å². The van der Waals surface area contributed by atoms with Crippen LogP contribution in [-0.2, 0) is 11.3 Å². The number of amides is 1. The van der Waals surface area contributed by atoms with Gasteiger partial charge in [-0.1, -0.05) is 29.8 Å². The summed E-state index contributed by atoms with van der Waals surface area (Å²) < 4.78 is 10.9. The van der Waals surface area contributed by atoms with Crippen LogP contribution in [-0.4, -0.2) is 32.4 Å². The largest absolute Gasteiger partial charge is 0.496 e. The SMILES string of the molecule is CNC(=O)OC1CCC(NCc2cc(-c3ccc(Cl)cc3)ccc2OC)CC1. The summed E-state index contributed by atoms with van der Waals surface area (Å²) in [5.74, 6) is 0.877. The standard InChI is InChI=1S/C22H27ClN2O3/c1-24-22(26)28-20-10-8-19(9-11-20)25-14-17-13-16(5-12-21(17)27-2)15-3-6-18(23)7-4-15/h3-7,12-13,19-20,25H,8-11,14H2,1-2H3,(H,24,26). The van der Waals surface area contributed by atoms with Crippen molar-refractivity contribution in [3.05, 3.63) is 53.1 Å². The quantitative estimate of drug-likeness (QED) is 0.730. The lowest BCUT2D eigenvalue weighted by Crippen LogP contribution is -2.36. The van der Waals surface area contributed by atoms with Crippen molar-refractivity contribution in [1.82, 2.24) is 10.6 Å². The summed E-state index contributed by atoms with van der Waals surface area (Å²) in [5, 5.41) is 6.87. The smallest absolute Gasteiger partial charge is 0.407 e. The Morgan fingerprint density at radius 3 is 2.39 bits per heavy atom. The number of carbonyl (C=O) groups excluding carboxylic acids is 1. The molecule has 150 valence electrons. The molecule has 1 aliphatic rings. The highest BCUT2D eigenvalue weighted by molar-refractivity contribution is 6.30. The Morgan fingerprint density at radius 1 is 1.07 bits per heavy atom. The lowest BCUT2D eigenvalue weighted by Gasteiger charge is -2.29. The van der Waals surface area contributed by atoms with Gasteiger partial charge in [-0.25, -0.2) is 4.79 Å². The molecule has 2 aromatic rings. The predicted octanol–water partition coefficient (Wildman–Crippen LogP) is 4.77. The molecule has 1 amide bonds. The Hall–Kier alpha value is -2.24. The zero-order valence-electron chi connectivity index (χ0n) is 16.3. The van der Waals surface area contributed by atoms with Gasteiger partial charge in [0.25, 0.3) is 0 Å². The van der Waals surface area contributed by atoms with Crippen molar-refractivity contribution in [3.8, 4) is 16.9 Å². The first-order valence-electron chi connectivity index (χ1n) is 9.63. The van der Waals surface area contributed by atoms with Gasteiger partial charge in [-0.2, -0.15) is 0 Å². The molecule has 0 spiro atoms. The van der Waals surface area contributed by atoms with Gasteiger partial charge in [0.05, 0.1) is 7.11 Å². The van der Waals surface area contributed by atoms with E-state index in [4.69, 9.17) is 21.1 Å². The fourth-order valence-corrected chi connectivity index (χ4v) is 3.71. The summed E-state index contributed by atoms with van der Waals surface area (Å²) in [5.41, 5.74) is 3.38. The second-order valence-electron chi connectivity index (χ2n) is 7.04. The first-order chi connectivity index (χ1) is 13.6. The monoisotopic (exact) mass is 402 g/mol. The minimum atomic E-state index is -0.347. The van der Waals surface area contributed by atoms with Gasteiger partial charge in [-0.05, 0) is 61.1 Å². The van der Waals surface area contributed by atoms with E-state index in [9.17, 15) is 4.79 Å². The van der Waals surface area contributed by atoms with E-state index in [1.54, 1.807) is 14.2 Å². The van der Waals surface area contributed by atoms with Crippen molar-refractivity contribution in [1.29, 1.82) is 0 Å². The van der Waals surface area contributed by atoms with Gasteiger partial charge < -0.3 is 20.1 Å². The zero-order chi connectivity index (χ0) is 19.9. The summed E-state index contributed by atoms with van der Waals surface area (Å²) in [6.07, 6.45) is 3.41. The Bertz CT molecular complexity index is 787. The maximum Gasteiger partial charge on any atom is 0.407 e. The first-order valence-corrected chi connectivity index (χ1v) is 10.0. The molecule has 0 aromatic heterocycles. The average Bonchev–Trinajstić information content (AvgIpc) is 2.73. The predicted molar refractivity (Wildman–Crippen MR) is 112 cm³/mol. The van der Waals surface area contributed by atoms with Gasteiger partial charge in [0.2, 0.25) is 0 Å². The number of benzene rings is 2. The van der Waals surface area contributed by atoms with Crippen LogP contribution in [0, 0.1) is 0 Å². The molecular weight excluding hydrogens is 376 g/mol. The molecule has 0 unspecified atom stereocenters. The maximum absolute atomic E-state index is 11.3. The average molecular weight is 403 g/mol. The molecule has 0 aliphatic heterocycles. The Labute approximate surface area is 171 Å². The molecule has 6 heteroatoms. The van der Waals surface area contributed by atoms with E-state index >= 15 is 0 Å². The zero-order valence-corrected chi connectivity index (χ0v) is 17.1. The first kappa shape index (κ1) is 20.5. The number of methoxy groups -OCH3 is 1. The van der Waals surface area contributed by atoms with Gasteiger partial charge in [0.1, 0.15) is 11.9 Å². The van der Waals surface area contributed by atoms with E-state index in [-0.39, 0.29) is 12.2 Å². The summed E-state index contributed by atoms with van der Waals surface area (Å²) >= 11 is 6.00. The molecule has 0 heterocycles. The van der Waals surface area contributed by atoms with Gasteiger partial charge >= 0.3 is 6.09 Å². The van der Waals surface area contributed by atoms with Crippen LogP contribution in [0.25, 0.3) is 11.1 Å². The molecule has 28 heavy (non-hydrogen) atoms. The molecule has 2 aromatic carbocycles. The molecule has 1 saturated carbocycles. The molecule has 1 fully saturated rings. The van der Waals surface area contributed by atoms with E-state index in [0.29, 0.717) is 6.04 Å². The van der Waals surface area contributed by atoms with Crippen LogP contribution >= 0.6 is 11.6 Å². The van der Waals surface area contributed by atoms with E-state index in [0.717, 1.165) is 59.7 Å². The van der Waals surface area contributed by atoms with Gasteiger partial charge in [0, 0.05) is 30.2 Å². The second kappa shape index (κ2) is 9.80. The van der Waals surface area contributed by atoms with E-state index in [2.05, 4.69) is 22.8 Å². The summed E-state index contributed by atoms with van der Waals surface area (Å²) in [6, 6.07) is 14.5. The minimum Gasteiger partial charge on any atom is -0.496 e. The third-order valence-electron chi connectivity index (χ3n) is 5.19. The summed E-state index contributed by atoms with van der Waals surface area (Å²) in [4.78, 5) is 11.3. The van der Waals surface area contributed by atoms with E-state index in [1.807, 2.05) is 30.3 Å². The van der Waals surface area contributed by atoms with Crippen molar-refractivity contribution >= 4 is 17.7 Å². The van der Waals surface area contributed by atoms with Crippen molar-refractivity contribution < 1.29 is 14.3 Å². The molecule has 0 atom stereocenters. The van der Waals surface area contributed by atoms with Crippen LogP contribution in [0.3, 0.4) is 0 Å². The number of hydrogen-bond donors (Lipinski definition) is 2. The number of nitrogens with one attached hydrogen (secondary N) is 2. The highest BCUT2D eigenvalue weighted by atomic mass is 35.5. The van der Waals surface area contributed by atoms with Gasteiger partial charge in [-0.15, -0.1) is 0 Å². The van der Waals surface area contributed by atoms with E-state index < -0.39 is 0 Å². The summed E-state index contributed by atoms with van der Waals surface area (Å²) in [7, 11) is 3.28. The number of hydrogen-bond acceptors (Lipinski definition) is 4. The van der Waals surface area contributed by atoms with Crippen molar-refractivity contribution in [3.63, 3.8) is 0 Å². The van der Waals surface area contributed by atoms with Crippen LogP contribution < -0.4 is 15.4 Å². The lowest BCUT2D eigenvalue weighted by atomic mass is 9.92. The number of carbonyl (C=O) groups is 1. The maximum atomic E-state index is 11.3. The topological polar surface area (TPSA) is 59.6 Å². The molecule has 0 saturated heterocycles.